The summed E-state index contributed by atoms with van der Waals surface area (Å²) in [6.45, 7) is 1.78. The fourth-order valence-corrected chi connectivity index (χ4v) is 5.00. The van der Waals surface area contributed by atoms with E-state index in [0.717, 1.165) is 44.1 Å². The first-order valence-corrected chi connectivity index (χ1v) is 9.66. The third-order valence-corrected chi connectivity index (χ3v) is 6.13. The molecule has 0 radical (unpaired) electrons. The number of halogens is 1. The van der Waals surface area contributed by atoms with Crippen molar-refractivity contribution in [3.63, 3.8) is 0 Å². The maximum atomic E-state index is 13.3. The zero-order valence-electron chi connectivity index (χ0n) is 14.0. The van der Waals surface area contributed by atoms with Crippen LogP contribution >= 0.6 is 11.6 Å². The number of hydrogen-bond acceptors (Lipinski definition) is 4. The monoisotopic (exact) mass is 348 g/mol. The van der Waals surface area contributed by atoms with Crippen LogP contribution in [0.3, 0.4) is 0 Å². The number of nitrogens with zero attached hydrogens (tertiary/aromatic N) is 4. The van der Waals surface area contributed by atoms with Crippen molar-refractivity contribution in [1.29, 1.82) is 0 Å². The number of amides is 1. The van der Waals surface area contributed by atoms with Gasteiger partial charge in [-0.3, -0.25) is 9.78 Å². The molecule has 0 bridgehead atoms. The van der Waals surface area contributed by atoms with Crippen LogP contribution in [0.5, 0.6) is 0 Å². The van der Waals surface area contributed by atoms with Gasteiger partial charge in [0, 0.05) is 19.1 Å². The molecule has 2 aliphatic heterocycles. The van der Waals surface area contributed by atoms with Gasteiger partial charge in [0.2, 0.25) is 5.91 Å². The quantitative estimate of drug-likeness (QED) is 0.841. The van der Waals surface area contributed by atoms with Crippen LogP contribution < -0.4 is 4.90 Å². The molecule has 4 rings (SSSR count). The van der Waals surface area contributed by atoms with Crippen LogP contribution in [0.1, 0.15) is 51.4 Å². The van der Waals surface area contributed by atoms with Crippen LogP contribution in [-0.4, -0.2) is 45.9 Å². The summed E-state index contributed by atoms with van der Waals surface area (Å²) in [4.78, 5) is 26.1. The average molecular weight is 349 g/mol. The third kappa shape index (κ3) is 2.99. The highest BCUT2D eigenvalue weighted by Crippen LogP contribution is 2.37. The van der Waals surface area contributed by atoms with Crippen molar-refractivity contribution in [2.75, 3.05) is 18.0 Å². The average Bonchev–Trinajstić information content (AvgIpc) is 3.33. The van der Waals surface area contributed by atoms with Gasteiger partial charge in [-0.2, -0.15) is 0 Å². The van der Waals surface area contributed by atoms with Crippen molar-refractivity contribution in [2.24, 2.45) is 5.92 Å². The van der Waals surface area contributed by atoms with Gasteiger partial charge >= 0.3 is 0 Å². The number of anilines is 1. The van der Waals surface area contributed by atoms with Gasteiger partial charge < -0.3 is 9.80 Å². The van der Waals surface area contributed by atoms with E-state index >= 15 is 0 Å². The Hall–Kier alpha value is -1.36. The SMILES string of the molecule is O=C([C@@H]1CCCN1c1cncc(Cl)n1)N1CCCC1C1CCCC1. The minimum Gasteiger partial charge on any atom is -0.343 e. The molecular formula is C18H25ClN4O. The van der Waals surface area contributed by atoms with Crippen molar-refractivity contribution in [3.05, 3.63) is 17.5 Å². The zero-order valence-corrected chi connectivity index (χ0v) is 14.8. The van der Waals surface area contributed by atoms with E-state index < -0.39 is 0 Å². The van der Waals surface area contributed by atoms with Crippen LogP contribution in [0.15, 0.2) is 12.4 Å². The summed E-state index contributed by atoms with van der Waals surface area (Å²) >= 11 is 5.99. The maximum Gasteiger partial charge on any atom is 0.245 e. The maximum absolute atomic E-state index is 13.3. The van der Waals surface area contributed by atoms with E-state index in [1.54, 1.807) is 6.20 Å². The summed E-state index contributed by atoms with van der Waals surface area (Å²) in [5.74, 6) is 1.75. The van der Waals surface area contributed by atoms with Gasteiger partial charge in [0.25, 0.3) is 0 Å². The summed E-state index contributed by atoms with van der Waals surface area (Å²) in [5.41, 5.74) is 0. The second kappa shape index (κ2) is 6.87. The Morgan fingerprint density at radius 1 is 1.04 bits per heavy atom. The number of hydrogen-bond donors (Lipinski definition) is 0. The third-order valence-electron chi connectivity index (χ3n) is 5.95. The minimum atomic E-state index is -0.0974. The first kappa shape index (κ1) is 16.1. The van der Waals surface area contributed by atoms with Crippen molar-refractivity contribution in [2.45, 2.75) is 63.5 Å². The van der Waals surface area contributed by atoms with E-state index in [4.69, 9.17) is 11.6 Å². The minimum absolute atomic E-state index is 0.0974. The smallest absolute Gasteiger partial charge is 0.245 e. The Kier molecular flexibility index (Phi) is 4.61. The Bertz CT molecular complexity index is 604. The van der Waals surface area contributed by atoms with Gasteiger partial charge in [0.15, 0.2) is 0 Å². The number of likely N-dealkylation sites (tertiary alicyclic amines) is 1. The van der Waals surface area contributed by atoms with Crippen molar-refractivity contribution in [3.8, 4) is 0 Å². The van der Waals surface area contributed by atoms with E-state index in [2.05, 4.69) is 19.8 Å². The molecule has 0 aromatic carbocycles. The largest absolute Gasteiger partial charge is 0.343 e. The highest BCUT2D eigenvalue weighted by atomic mass is 35.5. The molecule has 24 heavy (non-hydrogen) atoms. The van der Waals surface area contributed by atoms with Crippen molar-refractivity contribution >= 4 is 23.3 Å². The molecule has 0 N–H and O–H groups in total. The van der Waals surface area contributed by atoms with Crippen LogP contribution in [-0.2, 0) is 4.79 Å². The van der Waals surface area contributed by atoms with E-state index in [1.165, 1.54) is 38.3 Å². The first-order valence-electron chi connectivity index (χ1n) is 9.29. The second-order valence-electron chi connectivity index (χ2n) is 7.34. The highest BCUT2D eigenvalue weighted by molar-refractivity contribution is 6.29. The van der Waals surface area contributed by atoms with E-state index in [0.29, 0.717) is 17.1 Å². The number of carbonyl (C=O) groups is 1. The normalized spacial score (nSPS) is 28.0. The van der Waals surface area contributed by atoms with E-state index in [-0.39, 0.29) is 6.04 Å². The predicted octanol–water partition coefficient (Wildman–Crippen LogP) is 3.28. The second-order valence-corrected chi connectivity index (χ2v) is 7.72. The lowest BCUT2D eigenvalue weighted by atomic mass is 9.95. The zero-order chi connectivity index (χ0) is 16.5. The Balaban J connectivity index is 1.52. The molecule has 3 aliphatic rings. The van der Waals surface area contributed by atoms with Crippen molar-refractivity contribution < 1.29 is 4.79 Å². The van der Waals surface area contributed by atoms with Gasteiger partial charge in [0.05, 0.1) is 12.4 Å². The fourth-order valence-electron chi connectivity index (χ4n) is 4.86. The Labute approximate surface area is 148 Å². The highest BCUT2D eigenvalue weighted by Gasteiger charge is 2.41. The van der Waals surface area contributed by atoms with Gasteiger partial charge in [-0.25, -0.2) is 4.98 Å². The molecular weight excluding hydrogens is 324 g/mol. The van der Waals surface area contributed by atoms with Crippen molar-refractivity contribution in [1.82, 2.24) is 14.9 Å². The summed E-state index contributed by atoms with van der Waals surface area (Å²) in [6.07, 6.45) is 12.8. The lowest BCUT2D eigenvalue weighted by Gasteiger charge is -2.34. The summed E-state index contributed by atoms with van der Waals surface area (Å²) < 4.78 is 0. The molecule has 1 aromatic rings. The molecule has 1 aromatic heterocycles. The lowest BCUT2D eigenvalue weighted by molar-refractivity contribution is -0.134. The molecule has 0 spiro atoms. The standard InChI is InChI=1S/C18H25ClN4O/c19-16-11-20-12-17(21-16)22-9-4-8-15(22)18(24)23-10-3-7-14(23)13-5-1-2-6-13/h11-15H,1-10H2/t14?,15-/m0/s1. The van der Waals surface area contributed by atoms with Gasteiger partial charge in [-0.15, -0.1) is 0 Å². The molecule has 1 amide bonds. The molecule has 1 saturated carbocycles. The Morgan fingerprint density at radius 2 is 1.83 bits per heavy atom. The number of aromatic nitrogens is 2. The number of carbonyl (C=O) groups excluding carboxylic acids is 1. The van der Waals surface area contributed by atoms with Crippen LogP contribution in [0.4, 0.5) is 5.82 Å². The van der Waals surface area contributed by atoms with Crippen LogP contribution in [0.25, 0.3) is 0 Å². The number of rotatable bonds is 3. The fraction of sp³-hybridized carbons (Fsp3) is 0.722. The summed E-state index contributed by atoms with van der Waals surface area (Å²) in [7, 11) is 0. The van der Waals surface area contributed by atoms with Gasteiger partial charge in [-0.1, -0.05) is 24.4 Å². The molecule has 3 heterocycles. The van der Waals surface area contributed by atoms with Crippen LogP contribution in [0, 0.1) is 5.92 Å². The molecule has 2 saturated heterocycles. The molecule has 5 nitrogen and oxygen atoms in total. The van der Waals surface area contributed by atoms with Gasteiger partial charge in [-0.05, 0) is 44.4 Å². The van der Waals surface area contributed by atoms with E-state index in [1.807, 2.05) is 0 Å². The van der Waals surface area contributed by atoms with Crippen LogP contribution in [0.2, 0.25) is 5.15 Å². The molecule has 130 valence electrons. The molecule has 3 fully saturated rings. The first-order chi connectivity index (χ1) is 11.7. The van der Waals surface area contributed by atoms with Gasteiger partial charge in [0.1, 0.15) is 17.0 Å². The summed E-state index contributed by atoms with van der Waals surface area (Å²) in [5, 5.41) is 0.385. The molecule has 2 atom stereocenters. The molecule has 1 unspecified atom stereocenters. The topological polar surface area (TPSA) is 49.3 Å². The Morgan fingerprint density at radius 3 is 2.62 bits per heavy atom. The molecule has 1 aliphatic carbocycles. The summed E-state index contributed by atoms with van der Waals surface area (Å²) in [6, 6.07) is 0.368. The molecule has 6 heteroatoms. The lowest BCUT2D eigenvalue weighted by Crippen LogP contribution is -2.49. The van der Waals surface area contributed by atoms with E-state index in [9.17, 15) is 4.79 Å². The predicted molar refractivity (Wildman–Crippen MR) is 94.1 cm³/mol.